The number of rotatable bonds is 5. The fraction of sp³-hybridized carbons (Fsp3) is 0.368. The molecule has 3 heterocycles. The quantitative estimate of drug-likeness (QED) is 0.645. The summed E-state index contributed by atoms with van der Waals surface area (Å²) in [6, 6.07) is 8.66. The van der Waals surface area contributed by atoms with Crippen molar-refractivity contribution >= 4 is 10.0 Å². The van der Waals surface area contributed by atoms with E-state index >= 15 is 0 Å². The Morgan fingerprint density at radius 1 is 1.18 bits per heavy atom. The molecule has 0 bridgehead atoms. The zero-order valence-electron chi connectivity index (χ0n) is 15.7. The monoisotopic (exact) mass is 403 g/mol. The van der Waals surface area contributed by atoms with Gasteiger partial charge in [-0.3, -0.25) is 0 Å². The van der Waals surface area contributed by atoms with Crippen LogP contribution in [0.2, 0.25) is 0 Å². The highest BCUT2D eigenvalue weighted by atomic mass is 32.2. The fourth-order valence-corrected chi connectivity index (χ4v) is 5.08. The van der Waals surface area contributed by atoms with Crippen molar-refractivity contribution in [2.24, 2.45) is 0 Å². The van der Waals surface area contributed by atoms with E-state index in [-0.39, 0.29) is 10.8 Å². The highest BCUT2D eigenvalue weighted by Crippen LogP contribution is 2.34. The lowest BCUT2D eigenvalue weighted by atomic mass is 9.98. The largest absolute Gasteiger partial charge is 0.495 e. The maximum absolute atomic E-state index is 13.1. The zero-order valence-corrected chi connectivity index (χ0v) is 16.5. The molecule has 0 saturated carbocycles. The minimum Gasteiger partial charge on any atom is -0.495 e. The van der Waals surface area contributed by atoms with Crippen LogP contribution >= 0.6 is 0 Å². The number of aromatic nitrogens is 2. The molecule has 1 aliphatic rings. The summed E-state index contributed by atoms with van der Waals surface area (Å²) >= 11 is 0. The molecule has 3 aromatic rings. The first-order valence-corrected chi connectivity index (χ1v) is 10.4. The molecule has 0 amide bonds. The van der Waals surface area contributed by atoms with E-state index in [4.69, 9.17) is 13.6 Å². The van der Waals surface area contributed by atoms with Crippen LogP contribution in [0.1, 0.15) is 30.2 Å². The molecular weight excluding hydrogens is 382 g/mol. The van der Waals surface area contributed by atoms with Crippen LogP contribution in [0.3, 0.4) is 0 Å². The van der Waals surface area contributed by atoms with Crippen LogP contribution in [-0.2, 0) is 10.0 Å². The second-order valence-electron chi connectivity index (χ2n) is 6.76. The SMILES string of the molecule is COc1ccc(C)cc1S(=O)(=O)N1CCC(c2nnc(-c3ccco3)o2)CC1. The maximum atomic E-state index is 13.1. The highest BCUT2D eigenvalue weighted by molar-refractivity contribution is 7.89. The molecule has 8 nitrogen and oxygen atoms in total. The van der Waals surface area contributed by atoms with Crippen molar-refractivity contribution in [3.8, 4) is 17.4 Å². The van der Waals surface area contributed by atoms with Gasteiger partial charge in [-0.15, -0.1) is 10.2 Å². The van der Waals surface area contributed by atoms with E-state index in [0.717, 1.165) is 5.56 Å². The lowest BCUT2D eigenvalue weighted by molar-refractivity contribution is 0.289. The lowest BCUT2D eigenvalue weighted by Crippen LogP contribution is -2.38. The zero-order chi connectivity index (χ0) is 19.7. The summed E-state index contributed by atoms with van der Waals surface area (Å²) in [5.41, 5.74) is 0.866. The second-order valence-corrected chi connectivity index (χ2v) is 8.66. The van der Waals surface area contributed by atoms with Crippen LogP contribution in [0.15, 0.2) is 50.3 Å². The van der Waals surface area contributed by atoms with E-state index in [9.17, 15) is 8.42 Å². The molecule has 0 N–H and O–H groups in total. The number of sulfonamides is 1. The van der Waals surface area contributed by atoms with Crippen molar-refractivity contribution in [3.63, 3.8) is 0 Å². The van der Waals surface area contributed by atoms with Crippen LogP contribution in [0.5, 0.6) is 5.75 Å². The number of benzene rings is 1. The van der Waals surface area contributed by atoms with Crippen molar-refractivity contribution in [2.75, 3.05) is 20.2 Å². The maximum Gasteiger partial charge on any atom is 0.283 e. The third-order valence-electron chi connectivity index (χ3n) is 4.91. The molecule has 0 radical (unpaired) electrons. The predicted octanol–water partition coefficient (Wildman–Crippen LogP) is 3.21. The first kappa shape index (κ1) is 18.7. The van der Waals surface area contributed by atoms with Gasteiger partial charge in [0, 0.05) is 19.0 Å². The molecule has 0 atom stereocenters. The van der Waals surface area contributed by atoms with Gasteiger partial charge >= 0.3 is 0 Å². The molecule has 9 heteroatoms. The van der Waals surface area contributed by atoms with Crippen molar-refractivity contribution in [3.05, 3.63) is 48.0 Å². The van der Waals surface area contributed by atoms with E-state index in [1.54, 1.807) is 30.5 Å². The average Bonchev–Trinajstić information content (AvgIpc) is 3.40. The van der Waals surface area contributed by atoms with Gasteiger partial charge in [0.2, 0.25) is 15.9 Å². The lowest BCUT2D eigenvalue weighted by Gasteiger charge is -2.30. The first-order valence-electron chi connectivity index (χ1n) is 9.01. The molecule has 1 aliphatic heterocycles. The van der Waals surface area contributed by atoms with Crippen molar-refractivity contribution in [1.82, 2.24) is 14.5 Å². The van der Waals surface area contributed by atoms with E-state index in [1.807, 2.05) is 13.0 Å². The van der Waals surface area contributed by atoms with E-state index in [2.05, 4.69) is 10.2 Å². The molecule has 4 rings (SSSR count). The first-order chi connectivity index (χ1) is 13.5. The third-order valence-corrected chi connectivity index (χ3v) is 6.83. The second kappa shape index (κ2) is 7.40. The summed E-state index contributed by atoms with van der Waals surface area (Å²) in [6.45, 7) is 2.61. The van der Waals surface area contributed by atoms with Crippen LogP contribution in [0.25, 0.3) is 11.7 Å². The molecule has 1 saturated heterocycles. The average molecular weight is 403 g/mol. The molecule has 2 aromatic heterocycles. The summed E-state index contributed by atoms with van der Waals surface area (Å²) in [5.74, 6) is 1.73. The van der Waals surface area contributed by atoms with E-state index in [1.165, 1.54) is 11.4 Å². The number of methoxy groups -OCH3 is 1. The number of piperidine rings is 1. The number of aryl methyl sites for hydroxylation is 1. The van der Waals surface area contributed by atoms with Crippen LogP contribution in [0, 0.1) is 6.92 Å². The molecule has 0 aliphatic carbocycles. The summed E-state index contributed by atoms with van der Waals surface area (Å²) in [7, 11) is -2.16. The summed E-state index contributed by atoms with van der Waals surface area (Å²) in [4.78, 5) is 0.200. The van der Waals surface area contributed by atoms with E-state index < -0.39 is 10.0 Å². The minimum absolute atomic E-state index is 0.0158. The Balaban J connectivity index is 1.49. The number of furan rings is 1. The Morgan fingerprint density at radius 2 is 1.96 bits per heavy atom. The van der Waals surface area contributed by atoms with Gasteiger partial charge in [-0.1, -0.05) is 6.07 Å². The van der Waals surface area contributed by atoms with Crippen LogP contribution < -0.4 is 4.74 Å². The van der Waals surface area contributed by atoms with Gasteiger partial charge in [-0.2, -0.15) is 4.31 Å². The predicted molar refractivity (Wildman–Crippen MR) is 100 cm³/mol. The van der Waals surface area contributed by atoms with Gasteiger partial charge in [0.1, 0.15) is 10.6 Å². The molecule has 0 spiro atoms. The number of nitrogens with zero attached hydrogens (tertiary/aromatic N) is 3. The Bertz CT molecular complexity index is 1050. The number of hydrogen-bond acceptors (Lipinski definition) is 7. The van der Waals surface area contributed by atoms with E-state index in [0.29, 0.717) is 49.2 Å². The van der Waals surface area contributed by atoms with Gasteiger partial charge in [-0.25, -0.2) is 8.42 Å². The normalized spacial score (nSPS) is 16.4. The standard InChI is InChI=1S/C19H21N3O5S/c1-13-5-6-15(25-2)17(12-13)28(23,24)22-9-7-14(8-10-22)18-20-21-19(27-18)16-4-3-11-26-16/h3-6,11-12,14H,7-10H2,1-2H3. The summed E-state index contributed by atoms with van der Waals surface area (Å²) < 4.78 is 43.9. The Kier molecular flexibility index (Phi) is 4.94. The van der Waals surface area contributed by atoms with Crippen molar-refractivity contribution in [1.29, 1.82) is 0 Å². The molecule has 0 unspecified atom stereocenters. The van der Waals surface area contributed by atoms with Gasteiger partial charge in [0.25, 0.3) is 5.89 Å². The number of hydrogen-bond donors (Lipinski definition) is 0. The molecular formula is C19H21N3O5S. The highest BCUT2D eigenvalue weighted by Gasteiger charge is 2.33. The molecule has 148 valence electrons. The smallest absolute Gasteiger partial charge is 0.283 e. The van der Waals surface area contributed by atoms with Gasteiger partial charge < -0.3 is 13.6 Å². The van der Waals surface area contributed by atoms with Gasteiger partial charge in [0.15, 0.2) is 5.76 Å². The topological polar surface area (TPSA) is 98.7 Å². The van der Waals surface area contributed by atoms with Crippen LogP contribution in [-0.4, -0.2) is 43.1 Å². The third kappa shape index (κ3) is 3.43. The summed E-state index contributed by atoms with van der Waals surface area (Å²) in [6.07, 6.45) is 2.75. The van der Waals surface area contributed by atoms with Gasteiger partial charge in [-0.05, 0) is 49.6 Å². The number of ether oxygens (including phenoxy) is 1. The Morgan fingerprint density at radius 3 is 2.64 bits per heavy atom. The van der Waals surface area contributed by atoms with Gasteiger partial charge in [0.05, 0.1) is 13.4 Å². The summed E-state index contributed by atoms with van der Waals surface area (Å²) in [5, 5.41) is 8.14. The fourth-order valence-electron chi connectivity index (χ4n) is 3.37. The molecule has 28 heavy (non-hydrogen) atoms. The van der Waals surface area contributed by atoms with Crippen molar-refractivity contribution < 1.29 is 22.0 Å². The van der Waals surface area contributed by atoms with Crippen LogP contribution in [0.4, 0.5) is 0 Å². The molecule has 1 aromatic carbocycles. The molecule has 1 fully saturated rings. The Hall–Kier alpha value is -2.65. The minimum atomic E-state index is -3.64. The Labute approximate surface area is 163 Å². The van der Waals surface area contributed by atoms with Crippen molar-refractivity contribution in [2.45, 2.75) is 30.6 Å².